The molecule has 1 aliphatic carbocycles. The molecule has 0 bridgehead atoms. The SMILES string of the molecule is CCCNC1CCC(Sc2cccc(OC)c2)C1C. The number of benzene rings is 1. The minimum absolute atomic E-state index is 0.697. The lowest BCUT2D eigenvalue weighted by Gasteiger charge is -2.21. The zero-order valence-corrected chi connectivity index (χ0v) is 13.0. The van der Waals surface area contributed by atoms with Crippen LogP contribution in [-0.2, 0) is 0 Å². The van der Waals surface area contributed by atoms with Gasteiger partial charge in [-0.15, -0.1) is 11.8 Å². The molecule has 2 rings (SSSR count). The van der Waals surface area contributed by atoms with E-state index in [0.717, 1.165) is 23.5 Å². The molecule has 3 unspecified atom stereocenters. The molecule has 0 aromatic heterocycles. The molecule has 106 valence electrons. The maximum absolute atomic E-state index is 5.29. The summed E-state index contributed by atoms with van der Waals surface area (Å²) in [5, 5.41) is 4.40. The maximum atomic E-state index is 5.29. The van der Waals surface area contributed by atoms with Crippen LogP contribution in [0.2, 0.25) is 0 Å². The summed E-state index contributed by atoms with van der Waals surface area (Å²) in [4.78, 5) is 1.33. The van der Waals surface area contributed by atoms with Gasteiger partial charge < -0.3 is 10.1 Å². The predicted molar refractivity (Wildman–Crippen MR) is 83.1 cm³/mol. The fraction of sp³-hybridized carbons (Fsp3) is 0.625. The highest BCUT2D eigenvalue weighted by Gasteiger charge is 2.32. The molecule has 2 nitrogen and oxygen atoms in total. The van der Waals surface area contributed by atoms with E-state index in [2.05, 4.69) is 37.4 Å². The quantitative estimate of drug-likeness (QED) is 0.852. The predicted octanol–water partition coefficient (Wildman–Crippen LogP) is 3.95. The van der Waals surface area contributed by atoms with Crippen molar-refractivity contribution >= 4 is 11.8 Å². The molecule has 19 heavy (non-hydrogen) atoms. The first-order valence-electron chi connectivity index (χ1n) is 7.28. The highest BCUT2D eigenvalue weighted by atomic mass is 32.2. The van der Waals surface area contributed by atoms with E-state index in [1.807, 2.05) is 17.8 Å². The first kappa shape index (κ1) is 14.7. The Morgan fingerprint density at radius 3 is 2.95 bits per heavy atom. The topological polar surface area (TPSA) is 21.3 Å². The fourth-order valence-corrected chi connectivity index (χ4v) is 4.11. The third-order valence-corrected chi connectivity index (χ3v) is 5.46. The molecule has 0 saturated heterocycles. The van der Waals surface area contributed by atoms with Crippen LogP contribution in [0.4, 0.5) is 0 Å². The molecule has 3 heteroatoms. The number of ether oxygens (including phenoxy) is 1. The van der Waals surface area contributed by atoms with Gasteiger partial charge >= 0.3 is 0 Å². The monoisotopic (exact) mass is 279 g/mol. The van der Waals surface area contributed by atoms with Crippen LogP contribution >= 0.6 is 11.8 Å². The minimum Gasteiger partial charge on any atom is -0.497 e. The van der Waals surface area contributed by atoms with Crippen LogP contribution in [0.25, 0.3) is 0 Å². The van der Waals surface area contributed by atoms with Crippen molar-refractivity contribution in [2.75, 3.05) is 13.7 Å². The Morgan fingerprint density at radius 1 is 1.37 bits per heavy atom. The number of thioether (sulfide) groups is 1. The number of nitrogens with one attached hydrogen (secondary N) is 1. The summed E-state index contributed by atoms with van der Waals surface area (Å²) in [6.45, 7) is 5.76. The van der Waals surface area contributed by atoms with Crippen molar-refractivity contribution in [3.05, 3.63) is 24.3 Å². The van der Waals surface area contributed by atoms with E-state index in [1.54, 1.807) is 7.11 Å². The Kier molecular flexibility index (Phi) is 5.59. The van der Waals surface area contributed by atoms with E-state index in [9.17, 15) is 0 Å². The summed E-state index contributed by atoms with van der Waals surface area (Å²) in [5.74, 6) is 1.69. The van der Waals surface area contributed by atoms with E-state index in [4.69, 9.17) is 4.74 Å². The summed E-state index contributed by atoms with van der Waals surface area (Å²) in [6.07, 6.45) is 3.84. The number of rotatable bonds is 6. The molecule has 0 aliphatic heterocycles. The van der Waals surface area contributed by atoms with Crippen LogP contribution in [-0.4, -0.2) is 24.9 Å². The smallest absolute Gasteiger partial charge is 0.119 e. The van der Waals surface area contributed by atoms with Crippen molar-refractivity contribution in [3.63, 3.8) is 0 Å². The van der Waals surface area contributed by atoms with Gasteiger partial charge in [0.1, 0.15) is 5.75 Å². The summed E-state index contributed by atoms with van der Waals surface area (Å²) >= 11 is 2.01. The second-order valence-electron chi connectivity index (χ2n) is 5.33. The molecular weight excluding hydrogens is 254 g/mol. The Bertz CT molecular complexity index is 396. The molecule has 1 aromatic rings. The van der Waals surface area contributed by atoms with Crippen LogP contribution in [0.15, 0.2) is 29.2 Å². The van der Waals surface area contributed by atoms with Crippen LogP contribution in [0.3, 0.4) is 0 Å². The average Bonchev–Trinajstić information content (AvgIpc) is 2.78. The highest BCUT2D eigenvalue weighted by molar-refractivity contribution is 8.00. The first-order chi connectivity index (χ1) is 9.24. The third-order valence-electron chi connectivity index (χ3n) is 3.97. The molecule has 1 aliphatic rings. The van der Waals surface area contributed by atoms with Gasteiger partial charge in [0.15, 0.2) is 0 Å². The molecule has 0 spiro atoms. The van der Waals surface area contributed by atoms with Crippen LogP contribution < -0.4 is 10.1 Å². The minimum atomic E-state index is 0.697. The maximum Gasteiger partial charge on any atom is 0.119 e. The van der Waals surface area contributed by atoms with Gasteiger partial charge in [0.25, 0.3) is 0 Å². The lowest BCUT2D eigenvalue weighted by atomic mass is 10.1. The summed E-state index contributed by atoms with van der Waals surface area (Å²) < 4.78 is 5.29. The van der Waals surface area contributed by atoms with E-state index in [1.165, 1.54) is 24.2 Å². The fourth-order valence-electron chi connectivity index (χ4n) is 2.76. The van der Waals surface area contributed by atoms with Gasteiger partial charge in [-0.05, 0) is 49.9 Å². The normalized spacial score (nSPS) is 26.6. The second kappa shape index (κ2) is 7.20. The highest BCUT2D eigenvalue weighted by Crippen LogP contribution is 2.39. The van der Waals surface area contributed by atoms with Gasteiger partial charge in [0, 0.05) is 16.2 Å². The zero-order valence-electron chi connectivity index (χ0n) is 12.2. The van der Waals surface area contributed by atoms with Crippen molar-refractivity contribution in [1.29, 1.82) is 0 Å². The van der Waals surface area contributed by atoms with E-state index >= 15 is 0 Å². The zero-order chi connectivity index (χ0) is 13.7. The number of hydrogen-bond acceptors (Lipinski definition) is 3. The third kappa shape index (κ3) is 3.90. The molecule has 0 heterocycles. The summed E-state index contributed by atoms with van der Waals surface area (Å²) in [5.41, 5.74) is 0. The van der Waals surface area contributed by atoms with E-state index in [0.29, 0.717) is 6.04 Å². The van der Waals surface area contributed by atoms with Gasteiger partial charge in [0.05, 0.1) is 7.11 Å². The molecule has 0 amide bonds. The van der Waals surface area contributed by atoms with Crippen LogP contribution in [0.1, 0.15) is 33.1 Å². The molecule has 3 atom stereocenters. The van der Waals surface area contributed by atoms with Crippen molar-refractivity contribution in [2.45, 2.75) is 49.3 Å². The van der Waals surface area contributed by atoms with Crippen molar-refractivity contribution in [1.82, 2.24) is 5.32 Å². The van der Waals surface area contributed by atoms with Gasteiger partial charge in [-0.25, -0.2) is 0 Å². The standard InChI is InChI=1S/C16H25NOS/c1-4-10-17-15-8-9-16(12(15)2)19-14-7-5-6-13(11-14)18-3/h5-7,11-12,15-17H,4,8-10H2,1-3H3. The Labute approximate surface area is 121 Å². The van der Waals surface area contributed by atoms with Crippen molar-refractivity contribution in [3.8, 4) is 5.75 Å². The van der Waals surface area contributed by atoms with E-state index in [-0.39, 0.29) is 0 Å². The summed E-state index contributed by atoms with van der Waals surface area (Å²) in [6, 6.07) is 9.11. The van der Waals surface area contributed by atoms with Gasteiger partial charge in [-0.2, -0.15) is 0 Å². The molecule has 1 N–H and O–H groups in total. The first-order valence-corrected chi connectivity index (χ1v) is 8.16. The van der Waals surface area contributed by atoms with Gasteiger partial charge in [-0.1, -0.05) is 19.9 Å². The number of hydrogen-bond donors (Lipinski definition) is 1. The molecular formula is C16H25NOS. The van der Waals surface area contributed by atoms with Gasteiger partial charge in [0.2, 0.25) is 0 Å². The van der Waals surface area contributed by atoms with Crippen molar-refractivity contribution < 1.29 is 4.74 Å². The van der Waals surface area contributed by atoms with Crippen LogP contribution in [0, 0.1) is 5.92 Å². The number of methoxy groups -OCH3 is 1. The Balaban J connectivity index is 1.92. The molecule has 1 aromatic carbocycles. The molecule has 1 fully saturated rings. The van der Waals surface area contributed by atoms with Crippen molar-refractivity contribution in [2.24, 2.45) is 5.92 Å². The lowest BCUT2D eigenvalue weighted by molar-refractivity contribution is 0.413. The Hall–Kier alpha value is -0.670. The van der Waals surface area contributed by atoms with Gasteiger partial charge in [-0.3, -0.25) is 0 Å². The largest absolute Gasteiger partial charge is 0.497 e. The average molecular weight is 279 g/mol. The summed E-state index contributed by atoms with van der Waals surface area (Å²) in [7, 11) is 1.73. The van der Waals surface area contributed by atoms with Crippen LogP contribution in [0.5, 0.6) is 5.75 Å². The van der Waals surface area contributed by atoms with E-state index < -0.39 is 0 Å². The molecule has 1 saturated carbocycles. The Morgan fingerprint density at radius 2 is 2.21 bits per heavy atom. The second-order valence-corrected chi connectivity index (χ2v) is 6.64. The lowest BCUT2D eigenvalue weighted by Crippen LogP contribution is -2.33. The molecule has 0 radical (unpaired) electrons.